The van der Waals surface area contributed by atoms with Gasteiger partial charge in [-0.05, 0) is 43.2 Å². The minimum Gasteiger partial charge on any atom is -0.492 e. The zero-order valence-electron chi connectivity index (χ0n) is 16.4. The minimum absolute atomic E-state index is 0.110. The third-order valence-electron chi connectivity index (χ3n) is 5.00. The first-order valence-corrected chi connectivity index (χ1v) is 11.7. The van der Waals surface area contributed by atoms with Crippen molar-refractivity contribution in [2.24, 2.45) is 5.92 Å². The molecule has 1 aliphatic rings. The van der Waals surface area contributed by atoms with Crippen LogP contribution in [-0.2, 0) is 20.6 Å². The van der Waals surface area contributed by atoms with Crippen molar-refractivity contribution >= 4 is 27.5 Å². The number of halogens is 2. The number of amides is 1. The zero-order valence-corrected chi connectivity index (χ0v) is 18.0. The van der Waals surface area contributed by atoms with E-state index < -0.39 is 15.8 Å². The van der Waals surface area contributed by atoms with E-state index in [1.807, 2.05) is 0 Å². The van der Waals surface area contributed by atoms with Gasteiger partial charge in [-0.2, -0.15) is 0 Å². The number of carbonyl (C=O) groups is 1. The van der Waals surface area contributed by atoms with Crippen LogP contribution in [0.3, 0.4) is 0 Å². The highest BCUT2D eigenvalue weighted by Crippen LogP contribution is 2.22. The van der Waals surface area contributed by atoms with Gasteiger partial charge in [0.1, 0.15) is 18.2 Å². The van der Waals surface area contributed by atoms with E-state index in [9.17, 15) is 17.6 Å². The van der Waals surface area contributed by atoms with Crippen LogP contribution < -0.4 is 10.1 Å². The molecular formula is C21H24ClFN2O4S. The number of rotatable bonds is 8. The van der Waals surface area contributed by atoms with Gasteiger partial charge < -0.3 is 10.1 Å². The average molecular weight is 455 g/mol. The molecule has 1 amide bonds. The molecular weight excluding hydrogens is 431 g/mol. The molecule has 1 fully saturated rings. The standard InChI is InChI=1S/C21H24ClFN2O4S/c22-18-5-7-19(8-6-18)29-14-11-24-21(26)16-9-12-25(13-10-16)30(27,28)15-17-3-1-2-4-20(17)23/h1-8,16H,9-15H2,(H,24,26). The van der Waals surface area contributed by atoms with E-state index in [1.165, 1.54) is 22.5 Å². The van der Waals surface area contributed by atoms with Crippen LogP contribution in [0.4, 0.5) is 4.39 Å². The van der Waals surface area contributed by atoms with Crippen LogP contribution >= 0.6 is 11.6 Å². The molecule has 2 aromatic carbocycles. The summed E-state index contributed by atoms with van der Waals surface area (Å²) in [6.07, 6.45) is 0.862. The highest BCUT2D eigenvalue weighted by atomic mass is 35.5. The van der Waals surface area contributed by atoms with E-state index in [4.69, 9.17) is 16.3 Å². The largest absolute Gasteiger partial charge is 0.492 e. The molecule has 1 heterocycles. The molecule has 1 N–H and O–H groups in total. The molecule has 0 radical (unpaired) electrons. The van der Waals surface area contributed by atoms with Crippen molar-refractivity contribution in [3.05, 3.63) is 64.9 Å². The Morgan fingerprint density at radius 2 is 1.80 bits per heavy atom. The van der Waals surface area contributed by atoms with Crippen LogP contribution in [0.25, 0.3) is 0 Å². The summed E-state index contributed by atoms with van der Waals surface area (Å²) in [5, 5.41) is 3.45. The van der Waals surface area contributed by atoms with Gasteiger partial charge in [0, 0.05) is 29.6 Å². The van der Waals surface area contributed by atoms with Gasteiger partial charge in [0.15, 0.2) is 0 Å². The molecule has 3 rings (SSSR count). The summed E-state index contributed by atoms with van der Waals surface area (Å²) in [6.45, 7) is 1.17. The van der Waals surface area contributed by atoms with Crippen molar-refractivity contribution < 1.29 is 22.3 Å². The molecule has 2 aromatic rings. The Labute approximate surface area is 181 Å². The van der Waals surface area contributed by atoms with E-state index in [2.05, 4.69) is 5.32 Å². The zero-order chi connectivity index (χ0) is 21.6. The van der Waals surface area contributed by atoms with Crippen molar-refractivity contribution in [1.29, 1.82) is 0 Å². The number of sulfonamides is 1. The van der Waals surface area contributed by atoms with Crippen molar-refractivity contribution in [2.75, 3.05) is 26.2 Å². The second-order valence-corrected chi connectivity index (χ2v) is 9.52. The van der Waals surface area contributed by atoms with Gasteiger partial charge in [-0.25, -0.2) is 17.1 Å². The maximum Gasteiger partial charge on any atom is 0.223 e. The summed E-state index contributed by atoms with van der Waals surface area (Å²) in [7, 11) is -3.63. The molecule has 30 heavy (non-hydrogen) atoms. The Morgan fingerprint density at radius 1 is 1.13 bits per heavy atom. The predicted octanol–water partition coefficient (Wildman–Crippen LogP) is 3.22. The molecule has 162 valence electrons. The molecule has 0 bridgehead atoms. The van der Waals surface area contributed by atoms with Gasteiger partial charge in [0.2, 0.25) is 15.9 Å². The second-order valence-electron chi connectivity index (χ2n) is 7.11. The smallest absolute Gasteiger partial charge is 0.223 e. The van der Waals surface area contributed by atoms with Crippen LogP contribution in [0.2, 0.25) is 5.02 Å². The minimum atomic E-state index is -3.63. The SMILES string of the molecule is O=C(NCCOc1ccc(Cl)cc1)C1CCN(S(=O)(=O)Cc2ccccc2F)CC1. The van der Waals surface area contributed by atoms with Crippen LogP contribution in [0.5, 0.6) is 5.75 Å². The predicted molar refractivity (Wildman–Crippen MR) is 113 cm³/mol. The van der Waals surface area contributed by atoms with E-state index >= 15 is 0 Å². The van der Waals surface area contributed by atoms with E-state index in [-0.39, 0.29) is 36.2 Å². The number of hydrogen-bond donors (Lipinski definition) is 1. The van der Waals surface area contributed by atoms with Gasteiger partial charge in [-0.3, -0.25) is 4.79 Å². The fraction of sp³-hybridized carbons (Fsp3) is 0.381. The number of nitrogens with one attached hydrogen (secondary N) is 1. The van der Waals surface area contributed by atoms with Crippen LogP contribution in [0.15, 0.2) is 48.5 Å². The third-order valence-corrected chi connectivity index (χ3v) is 7.08. The molecule has 0 saturated carbocycles. The maximum absolute atomic E-state index is 13.8. The average Bonchev–Trinajstić information content (AvgIpc) is 2.74. The van der Waals surface area contributed by atoms with Crippen LogP contribution in [0.1, 0.15) is 18.4 Å². The van der Waals surface area contributed by atoms with Gasteiger partial charge in [-0.1, -0.05) is 29.8 Å². The first-order chi connectivity index (χ1) is 14.3. The van der Waals surface area contributed by atoms with E-state index in [1.54, 1.807) is 30.3 Å². The quantitative estimate of drug-likeness (QED) is 0.621. The summed E-state index contributed by atoms with van der Waals surface area (Å²) < 4.78 is 45.8. The second kappa shape index (κ2) is 10.2. The van der Waals surface area contributed by atoms with E-state index in [0.29, 0.717) is 36.8 Å². The highest BCUT2D eigenvalue weighted by molar-refractivity contribution is 7.88. The number of hydrogen-bond acceptors (Lipinski definition) is 4. The van der Waals surface area contributed by atoms with Gasteiger partial charge in [0.25, 0.3) is 0 Å². The summed E-state index contributed by atoms with van der Waals surface area (Å²) in [5.74, 6) is -0.599. The van der Waals surface area contributed by atoms with Crippen molar-refractivity contribution in [3.8, 4) is 5.75 Å². The fourth-order valence-electron chi connectivity index (χ4n) is 3.32. The van der Waals surface area contributed by atoms with Gasteiger partial charge in [0.05, 0.1) is 12.3 Å². The Morgan fingerprint density at radius 3 is 2.47 bits per heavy atom. The van der Waals surface area contributed by atoms with E-state index in [0.717, 1.165) is 0 Å². The number of carbonyl (C=O) groups excluding carboxylic acids is 1. The lowest BCUT2D eigenvalue weighted by Gasteiger charge is -2.30. The first kappa shape index (κ1) is 22.5. The third kappa shape index (κ3) is 6.17. The molecule has 0 aliphatic carbocycles. The van der Waals surface area contributed by atoms with Crippen LogP contribution in [0, 0.1) is 11.7 Å². The van der Waals surface area contributed by atoms with Crippen molar-refractivity contribution in [3.63, 3.8) is 0 Å². The molecule has 6 nitrogen and oxygen atoms in total. The summed E-state index contributed by atoms with van der Waals surface area (Å²) >= 11 is 5.82. The lowest BCUT2D eigenvalue weighted by atomic mass is 9.97. The number of piperidine rings is 1. The highest BCUT2D eigenvalue weighted by Gasteiger charge is 2.31. The van der Waals surface area contributed by atoms with Crippen molar-refractivity contribution in [1.82, 2.24) is 9.62 Å². The Bertz CT molecular complexity index is 961. The maximum atomic E-state index is 13.8. The fourth-order valence-corrected chi connectivity index (χ4v) is 5.02. The molecule has 1 saturated heterocycles. The summed E-state index contributed by atoms with van der Waals surface area (Å²) in [5.41, 5.74) is 0.151. The molecule has 0 spiro atoms. The Balaban J connectivity index is 1.41. The molecule has 9 heteroatoms. The van der Waals surface area contributed by atoms with Crippen LogP contribution in [-0.4, -0.2) is 44.9 Å². The molecule has 1 aliphatic heterocycles. The lowest BCUT2D eigenvalue weighted by Crippen LogP contribution is -2.44. The summed E-state index contributed by atoms with van der Waals surface area (Å²) in [6, 6.07) is 12.8. The molecule has 0 atom stereocenters. The Hall–Kier alpha value is -2.16. The number of ether oxygens (including phenoxy) is 1. The normalized spacial score (nSPS) is 15.7. The topological polar surface area (TPSA) is 75.7 Å². The molecule has 0 unspecified atom stereocenters. The first-order valence-electron chi connectivity index (χ1n) is 9.72. The monoisotopic (exact) mass is 454 g/mol. The number of nitrogens with zero attached hydrogens (tertiary/aromatic N) is 1. The van der Waals surface area contributed by atoms with Crippen molar-refractivity contribution in [2.45, 2.75) is 18.6 Å². The van der Waals surface area contributed by atoms with Gasteiger partial charge >= 0.3 is 0 Å². The number of benzene rings is 2. The lowest BCUT2D eigenvalue weighted by molar-refractivity contribution is -0.126. The summed E-state index contributed by atoms with van der Waals surface area (Å²) in [4.78, 5) is 12.3. The Kier molecular flexibility index (Phi) is 7.69. The molecule has 0 aromatic heterocycles. The van der Waals surface area contributed by atoms with Gasteiger partial charge in [-0.15, -0.1) is 0 Å².